The van der Waals surface area contributed by atoms with E-state index < -0.39 is 0 Å². The number of fused-ring (bicyclic) bond motifs is 1. The van der Waals surface area contributed by atoms with E-state index in [0.29, 0.717) is 10.8 Å². The zero-order chi connectivity index (χ0) is 10.3. The molecule has 0 aliphatic carbocycles. The summed E-state index contributed by atoms with van der Waals surface area (Å²) in [4.78, 5) is 14.1. The molecular formula is C9H7BrClNOS. The van der Waals surface area contributed by atoms with Crippen LogP contribution in [0.5, 0.6) is 0 Å². The SMILES string of the molecule is CN1C(=O)CSc2c(Br)cc(Cl)cc21. The first kappa shape index (κ1) is 10.3. The van der Waals surface area contributed by atoms with E-state index in [1.165, 1.54) is 11.8 Å². The molecule has 14 heavy (non-hydrogen) atoms. The van der Waals surface area contributed by atoms with E-state index in [-0.39, 0.29) is 5.91 Å². The maximum absolute atomic E-state index is 11.4. The van der Waals surface area contributed by atoms with E-state index in [0.717, 1.165) is 15.1 Å². The van der Waals surface area contributed by atoms with Crippen molar-refractivity contribution in [3.05, 3.63) is 21.6 Å². The Labute approximate surface area is 99.7 Å². The Morgan fingerprint density at radius 2 is 2.29 bits per heavy atom. The van der Waals surface area contributed by atoms with Gasteiger partial charge in [-0.3, -0.25) is 4.79 Å². The van der Waals surface area contributed by atoms with Crippen molar-refractivity contribution in [2.75, 3.05) is 17.7 Å². The molecule has 0 bridgehead atoms. The van der Waals surface area contributed by atoms with Gasteiger partial charge in [0.15, 0.2) is 0 Å². The Hall–Kier alpha value is -0.190. The highest BCUT2D eigenvalue weighted by Crippen LogP contribution is 2.41. The molecule has 1 heterocycles. The molecule has 0 spiro atoms. The van der Waals surface area contributed by atoms with Crippen LogP contribution in [0.2, 0.25) is 5.02 Å². The molecule has 2 rings (SSSR count). The van der Waals surface area contributed by atoms with Crippen LogP contribution in [-0.2, 0) is 4.79 Å². The number of benzene rings is 1. The first-order valence-corrected chi connectivity index (χ1v) is 6.13. The highest BCUT2D eigenvalue weighted by molar-refractivity contribution is 9.10. The molecule has 0 N–H and O–H groups in total. The number of amides is 1. The molecular weight excluding hydrogens is 286 g/mol. The number of hydrogen-bond acceptors (Lipinski definition) is 2. The highest BCUT2D eigenvalue weighted by Gasteiger charge is 2.23. The Kier molecular flexibility index (Phi) is 2.77. The van der Waals surface area contributed by atoms with Crippen molar-refractivity contribution in [1.29, 1.82) is 0 Å². The van der Waals surface area contributed by atoms with Gasteiger partial charge in [0.05, 0.1) is 11.4 Å². The fourth-order valence-electron chi connectivity index (χ4n) is 1.30. The van der Waals surface area contributed by atoms with Gasteiger partial charge in [0.2, 0.25) is 5.91 Å². The van der Waals surface area contributed by atoms with Crippen molar-refractivity contribution in [2.24, 2.45) is 0 Å². The number of carbonyl (C=O) groups is 1. The van der Waals surface area contributed by atoms with Crippen LogP contribution in [0.3, 0.4) is 0 Å². The van der Waals surface area contributed by atoms with E-state index in [9.17, 15) is 4.79 Å². The summed E-state index contributed by atoms with van der Waals surface area (Å²) in [7, 11) is 1.77. The molecule has 1 aliphatic rings. The van der Waals surface area contributed by atoms with Crippen LogP contribution in [0.1, 0.15) is 0 Å². The summed E-state index contributed by atoms with van der Waals surface area (Å²) < 4.78 is 0.948. The van der Waals surface area contributed by atoms with Gasteiger partial charge >= 0.3 is 0 Å². The number of carbonyl (C=O) groups excluding carboxylic acids is 1. The van der Waals surface area contributed by atoms with Crippen LogP contribution in [0.4, 0.5) is 5.69 Å². The van der Waals surface area contributed by atoms with Crippen LogP contribution >= 0.6 is 39.3 Å². The monoisotopic (exact) mass is 291 g/mol. The maximum Gasteiger partial charge on any atom is 0.237 e. The smallest absolute Gasteiger partial charge is 0.237 e. The third-order valence-corrected chi connectivity index (χ3v) is 4.28. The van der Waals surface area contributed by atoms with Gasteiger partial charge in [-0.05, 0) is 28.1 Å². The first-order chi connectivity index (χ1) is 6.59. The molecule has 0 fully saturated rings. The fraction of sp³-hybridized carbons (Fsp3) is 0.222. The Bertz CT molecular complexity index is 410. The van der Waals surface area contributed by atoms with Crippen molar-refractivity contribution >= 4 is 50.9 Å². The molecule has 5 heteroatoms. The summed E-state index contributed by atoms with van der Waals surface area (Å²) in [5, 5.41) is 0.637. The van der Waals surface area contributed by atoms with E-state index in [4.69, 9.17) is 11.6 Å². The minimum Gasteiger partial charge on any atom is -0.314 e. The van der Waals surface area contributed by atoms with Crippen molar-refractivity contribution in [1.82, 2.24) is 0 Å². The molecule has 1 aromatic rings. The van der Waals surface area contributed by atoms with Gasteiger partial charge in [-0.2, -0.15) is 0 Å². The first-order valence-electron chi connectivity index (χ1n) is 3.98. The Balaban J connectivity index is 2.59. The number of thioether (sulfide) groups is 1. The van der Waals surface area contributed by atoms with Gasteiger partial charge in [0.1, 0.15) is 0 Å². The predicted octanol–water partition coefficient (Wildman–Crippen LogP) is 3.17. The molecule has 1 aromatic carbocycles. The lowest BCUT2D eigenvalue weighted by Gasteiger charge is -2.26. The summed E-state index contributed by atoms with van der Waals surface area (Å²) >= 11 is 10.9. The topological polar surface area (TPSA) is 20.3 Å². The largest absolute Gasteiger partial charge is 0.314 e. The van der Waals surface area contributed by atoms with Crippen molar-refractivity contribution < 1.29 is 4.79 Å². The van der Waals surface area contributed by atoms with E-state index in [1.54, 1.807) is 11.9 Å². The summed E-state index contributed by atoms with van der Waals surface area (Å²) in [6.07, 6.45) is 0. The lowest BCUT2D eigenvalue weighted by atomic mass is 10.3. The second-order valence-corrected chi connectivity index (χ2v) is 5.25. The maximum atomic E-state index is 11.4. The molecule has 1 amide bonds. The normalized spacial score (nSPS) is 15.6. The molecule has 0 aromatic heterocycles. The average Bonchev–Trinajstić information content (AvgIpc) is 2.12. The summed E-state index contributed by atoms with van der Waals surface area (Å²) in [6.45, 7) is 0. The minimum atomic E-state index is 0.108. The summed E-state index contributed by atoms with van der Waals surface area (Å²) in [5.41, 5.74) is 0.880. The number of anilines is 1. The lowest BCUT2D eigenvalue weighted by Crippen LogP contribution is -2.31. The van der Waals surface area contributed by atoms with Crippen LogP contribution < -0.4 is 4.90 Å². The second-order valence-electron chi connectivity index (χ2n) is 2.98. The van der Waals surface area contributed by atoms with Crippen LogP contribution in [0.15, 0.2) is 21.5 Å². The quantitative estimate of drug-likeness (QED) is 0.732. The summed E-state index contributed by atoms with van der Waals surface area (Å²) in [5.74, 6) is 0.598. The zero-order valence-electron chi connectivity index (χ0n) is 7.38. The Morgan fingerprint density at radius 1 is 1.57 bits per heavy atom. The summed E-state index contributed by atoms with van der Waals surface area (Å²) in [6, 6.07) is 3.66. The van der Waals surface area contributed by atoms with Gasteiger partial charge in [-0.15, -0.1) is 11.8 Å². The van der Waals surface area contributed by atoms with Crippen LogP contribution in [-0.4, -0.2) is 18.7 Å². The van der Waals surface area contributed by atoms with Crippen molar-refractivity contribution in [3.63, 3.8) is 0 Å². The molecule has 0 atom stereocenters. The fourth-order valence-corrected chi connectivity index (χ4v) is 3.44. The molecule has 2 nitrogen and oxygen atoms in total. The number of rotatable bonds is 0. The minimum absolute atomic E-state index is 0.108. The number of nitrogens with zero attached hydrogens (tertiary/aromatic N) is 1. The van der Waals surface area contributed by atoms with Crippen LogP contribution in [0.25, 0.3) is 0 Å². The third kappa shape index (κ3) is 1.66. The number of hydrogen-bond donors (Lipinski definition) is 0. The molecule has 0 saturated heterocycles. The molecule has 0 saturated carbocycles. The van der Waals surface area contributed by atoms with E-state index in [2.05, 4.69) is 15.9 Å². The van der Waals surface area contributed by atoms with Gasteiger partial charge in [-0.1, -0.05) is 11.6 Å². The average molecular weight is 293 g/mol. The zero-order valence-corrected chi connectivity index (χ0v) is 10.5. The standard InChI is InChI=1S/C9H7BrClNOS/c1-12-7-3-5(11)2-6(10)9(7)14-4-8(12)13/h2-3H,4H2,1H3. The van der Waals surface area contributed by atoms with Crippen LogP contribution in [0, 0.1) is 0 Å². The molecule has 1 aliphatic heterocycles. The predicted molar refractivity (Wildman–Crippen MR) is 63.3 cm³/mol. The number of halogens is 2. The van der Waals surface area contributed by atoms with Crippen molar-refractivity contribution in [3.8, 4) is 0 Å². The lowest BCUT2D eigenvalue weighted by molar-refractivity contribution is -0.116. The van der Waals surface area contributed by atoms with E-state index in [1.807, 2.05) is 12.1 Å². The molecule has 0 radical (unpaired) electrons. The highest BCUT2D eigenvalue weighted by atomic mass is 79.9. The third-order valence-electron chi connectivity index (χ3n) is 2.06. The second kappa shape index (κ2) is 3.76. The van der Waals surface area contributed by atoms with Gasteiger partial charge in [-0.25, -0.2) is 0 Å². The van der Waals surface area contributed by atoms with Gasteiger partial charge in [0, 0.05) is 21.4 Å². The van der Waals surface area contributed by atoms with Crippen molar-refractivity contribution in [2.45, 2.75) is 4.90 Å². The van der Waals surface area contributed by atoms with E-state index >= 15 is 0 Å². The van der Waals surface area contributed by atoms with Gasteiger partial charge < -0.3 is 4.90 Å². The Morgan fingerprint density at radius 3 is 3.00 bits per heavy atom. The molecule has 0 unspecified atom stereocenters. The molecule has 74 valence electrons. The van der Waals surface area contributed by atoms with Gasteiger partial charge in [0.25, 0.3) is 0 Å².